The van der Waals surface area contributed by atoms with Gasteiger partial charge in [-0.25, -0.2) is 0 Å². The van der Waals surface area contributed by atoms with Crippen LogP contribution in [0.5, 0.6) is 0 Å². The fraction of sp³-hybridized carbons (Fsp3) is 0.900. The summed E-state index contributed by atoms with van der Waals surface area (Å²) in [5.74, 6) is 0.0740. The van der Waals surface area contributed by atoms with Gasteiger partial charge < -0.3 is 0 Å². The monoisotopic (exact) mass is 246 g/mol. The van der Waals surface area contributed by atoms with E-state index in [1.54, 1.807) is 0 Å². The molecule has 1 heterocycles. The summed E-state index contributed by atoms with van der Waals surface area (Å²) in [5, 5.41) is 0. The molecule has 2 rings (SSSR count). The van der Waals surface area contributed by atoms with Crippen LogP contribution >= 0.6 is 0 Å². The minimum absolute atomic E-state index is 0.121. The van der Waals surface area contributed by atoms with Gasteiger partial charge in [0.25, 0.3) is 10.2 Å². The van der Waals surface area contributed by atoms with Gasteiger partial charge in [0.2, 0.25) is 0 Å². The third-order valence-electron chi connectivity index (χ3n) is 3.21. The molecule has 0 radical (unpaired) electrons. The van der Waals surface area contributed by atoms with Crippen LogP contribution < -0.4 is 4.72 Å². The van der Waals surface area contributed by atoms with Crippen LogP contribution in [0.15, 0.2) is 0 Å². The van der Waals surface area contributed by atoms with Gasteiger partial charge in [-0.05, 0) is 19.3 Å². The van der Waals surface area contributed by atoms with E-state index in [0.717, 1.165) is 12.8 Å². The predicted octanol–water partition coefficient (Wildman–Crippen LogP) is 0.284. The molecule has 1 aliphatic carbocycles. The summed E-state index contributed by atoms with van der Waals surface area (Å²) in [6, 6.07) is 0.128. The number of hydrogen-bond donors (Lipinski definition) is 1. The van der Waals surface area contributed by atoms with E-state index < -0.39 is 10.2 Å². The number of carbonyl (C=O) groups excluding carboxylic acids is 1. The highest BCUT2D eigenvalue weighted by atomic mass is 32.2. The summed E-state index contributed by atoms with van der Waals surface area (Å²) in [6.45, 7) is 2.60. The van der Waals surface area contributed by atoms with Crippen LogP contribution in [0.4, 0.5) is 0 Å². The Morgan fingerprint density at radius 2 is 2.12 bits per heavy atom. The highest BCUT2D eigenvalue weighted by molar-refractivity contribution is 7.87. The van der Waals surface area contributed by atoms with E-state index in [9.17, 15) is 13.2 Å². The molecule has 5 nitrogen and oxygen atoms in total. The number of carbonyl (C=O) groups is 1. The van der Waals surface area contributed by atoms with Crippen LogP contribution in [-0.2, 0) is 15.0 Å². The molecule has 1 aliphatic heterocycles. The number of nitrogens with one attached hydrogen (secondary N) is 1. The van der Waals surface area contributed by atoms with E-state index in [0.29, 0.717) is 25.9 Å². The lowest BCUT2D eigenvalue weighted by molar-refractivity contribution is -0.125. The first-order valence-corrected chi connectivity index (χ1v) is 7.27. The lowest BCUT2D eigenvalue weighted by Gasteiger charge is -2.30. The van der Waals surface area contributed by atoms with Crippen LogP contribution in [0.25, 0.3) is 0 Å². The van der Waals surface area contributed by atoms with Gasteiger partial charge in [0.1, 0.15) is 5.78 Å². The van der Waals surface area contributed by atoms with Gasteiger partial charge in [-0.3, -0.25) is 4.79 Å². The van der Waals surface area contributed by atoms with Crippen molar-refractivity contribution in [2.45, 2.75) is 38.6 Å². The van der Waals surface area contributed by atoms with Crippen LogP contribution in [0.2, 0.25) is 0 Å². The van der Waals surface area contributed by atoms with Crippen molar-refractivity contribution in [1.29, 1.82) is 0 Å². The first kappa shape index (κ1) is 12.0. The van der Waals surface area contributed by atoms with Gasteiger partial charge in [-0.15, -0.1) is 0 Å². The fourth-order valence-corrected chi connectivity index (χ4v) is 3.45. The molecule has 2 aliphatic rings. The first-order valence-electron chi connectivity index (χ1n) is 5.83. The van der Waals surface area contributed by atoms with E-state index in [-0.39, 0.29) is 17.7 Å². The van der Waals surface area contributed by atoms with Crippen molar-refractivity contribution in [3.05, 3.63) is 0 Å². The molecule has 2 fully saturated rings. The number of Topliss-reactive ketones (excluding diaryl/α,β-unsaturated/α-hetero) is 1. The average molecular weight is 246 g/mol. The quantitative estimate of drug-likeness (QED) is 0.775. The zero-order chi connectivity index (χ0) is 11.8. The van der Waals surface area contributed by atoms with Gasteiger partial charge in [-0.1, -0.05) is 6.92 Å². The molecule has 1 saturated carbocycles. The lowest BCUT2D eigenvalue weighted by atomic mass is 9.96. The number of ketones is 1. The Hall–Kier alpha value is -0.460. The Kier molecular flexibility index (Phi) is 3.32. The van der Waals surface area contributed by atoms with Crippen molar-refractivity contribution < 1.29 is 13.2 Å². The first-order chi connectivity index (χ1) is 7.53. The highest BCUT2D eigenvalue weighted by Gasteiger charge is 2.35. The summed E-state index contributed by atoms with van der Waals surface area (Å²) in [4.78, 5) is 11.5. The standard InChI is InChI=1S/C10H18N2O3S/c1-2-8-7-12(6-5-10(8)13)16(14,15)11-9-3-4-9/h8-9,11H,2-7H2,1H3. The third kappa shape index (κ3) is 2.61. The Morgan fingerprint density at radius 1 is 1.44 bits per heavy atom. The van der Waals surface area contributed by atoms with Crippen molar-refractivity contribution in [2.75, 3.05) is 13.1 Å². The Balaban J connectivity index is 2.01. The maximum atomic E-state index is 11.9. The molecule has 16 heavy (non-hydrogen) atoms. The smallest absolute Gasteiger partial charge is 0.279 e. The van der Waals surface area contributed by atoms with Crippen molar-refractivity contribution in [3.63, 3.8) is 0 Å². The molecule has 6 heteroatoms. The molecule has 0 aromatic rings. The number of piperidine rings is 1. The zero-order valence-electron chi connectivity index (χ0n) is 9.48. The second kappa shape index (κ2) is 4.43. The summed E-state index contributed by atoms with van der Waals surface area (Å²) < 4.78 is 27.9. The maximum Gasteiger partial charge on any atom is 0.279 e. The average Bonchev–Trinajstić information content (AvgIpc) is 3.01. The van der Waals surface area contributed by atoms with E-state index in [2.05, 4.69) is 4.72 Å². The molecule has 0 aromatic heterocycles. The summed E-state index contributed by atoms with van der Waals surface area (Å²) >= 11 is 0. The number of rotatable bonds is 4. The van der Waals surface area contributed by atoms with Crippen molar-refractivity contribution >= 4 is 16.0 Å². The van der Waals surface area contributed by atoms with Crippen molar-refractivity contribution in [1.82, 2.24) is 9.03 Å². The lowest BCUT2D eigenvalue weighted by Crippen LogP contribution is -2.49. The van der Waals surface area contributed by atoms with Gasteiger partial charge in [-0.2, -0.15) is 17.4 Å². The molecule has 1 saturated heterocycles. The largest absolute Gasteiger partial charge is 0.299 e. The van der Waals surface area contributed by atoms with E-state index in [1.807, 2.05) is 6.92 Å². The number of nitrogens with zero attached hydrogens (tertiary/aromatic N) is 1. The van der Waals surface area contributed by atoms with Crippen LogP contribution in [-0.4, -0.2) is 37.6 Å². The van der Waals surface area contributed by atoms with Crippen LogP contribution in [0, 0.1) is 5.92 Å². The van der Waals surface area contributed by atoms with Gasteiger partial charge >= 0.3 is 0 Å². The third-order valence-corrected chi connectivity index (χ3v) is 4.86. The second-order valence-corrected chi connectivity index (χ2v) is 6.28. The molecular formula is C10H18N2O3S. The Labute approximate surface area is 96.4 Å². The predicted molar refractivity (Wildman–Crippen MR) is 60.1 cm³/mol. The summed E-state index contributed by atoms with van der Waals surface area (Å²) in [7, 11) is -3.36. The van der Waals surface area contributed by atoms with Gasteiger partial charge in [0.05, 0.1) is 0 Å². The zero-order valence-corrected chi connectivity index (χ0v) is 10.3. The number of hydrogen-bond acceptors (Lipinski definition) is 3. The molecule has 0 aromatic carbocycles. The van der Waals surface area contributed by atoms with Crippen molar-refractivity contribution in [3.8, 4) is 0 Å². The highest BCUT2D eigenvalue weighted by Crippen LogP contribution is 2.23. The van der Waals surface area contributed by atoms with Gasteiger partial charge in [0.15, 0.2) is 0 Å². The summed E-state index contributed by atoms with van der Waals surface area (Å²) in [5.41, 5.74) is 0. The molecule has 1 N–H and O–H groups in total. The molecule has 1 atom stereocenters. The molecule has 92 valence electrons. The van der Waals surface area contributed by atoms with Gasteiger partial charge in [0, 0.05) is 31.5 Å². The minimum atomic E-state index is -3.36. The Morgan fingerprint density at radius 3 is 2.69 bits per heavy atom. The van der Waals surface area contributed by atoms with Crippen LogP contribution in [0.3, 0.4) is 0 Å². The molecular weight excluding hydrogens is 228 g/mol. The van der Waals surface area contributed by atoms with E-state index in [1.165, 1.54) is 4.31 Å². The normalized spacial score (nSPS) is 28.3. The van der Waals surface area contributed by atoms with E-state index in [4.69, 9.17) is 0 Å². The minimum Gasteiger partial charge on any atom is -0.299 e. The molecule has 0 spiro atoms. The molecule has 0 amide bonds. The van der Waals surface area contributed by atoms with Crippen LogP contribution in [0.1, 0.15) is 32.6 Å². The summed E-state index contributed by atoms with van der Waals surface area (Å²) in [6.07, 6.45) is 2.94. The van der Waals surface area contributed by atoms with Crippen molar-refractivity contribution in [2.24, 2.45) is 5.92 Å². The fourth-order valence-electron chi connectivity index (χ4n) is 1.94. The van der Waals surface area contributed by atoms with E-state index >= 15 is 0 Å². The molecule has 0 bridgehead atoms. The second-order valence-electron chi connectivity index (χ2n) is 4.58. The maximum absolute atomic E-state index is 11.9. The SMILES string of the molecule is CCC1CN(S(=O)(=O)NC2CC2)CCC1=O. The topological polar surface area (TPSA) is 66.5 Å². The molecule has 1 unspecified atom stereocenters. The Bertz CT molecular complexity index is 376.